The lowest BCUT2D eigenvalue weighted by Gasteiger charge is -2.32. The Hall–Kier alpha value is -2.18. The normalized spacial score (nSPS) is 17.5. The molecular formula is C24H30N2O3S. The van der Waals surface area contributed by atoms with E-state index in [4.69, 9.17) is 0 Å². The minimum absolute atomic E-state index is 0.0853. The molecule has 0 unspecified atom stereocenters. The molecule has 1 aliphatic heterocycles. The number of nitrogens with zero attached hydrogens (tertiary/aromatic N) is 1. The van der Waals surface area contributed by atoms with E-state index in [2.05, 4.69) is 4.72 Å². The Morgan fingerprint density at radius 1 is 0.967 bits per heavy atom. The van der Waals surface area contributed by atoms with Gasteiger partial charge in [0.05, 0.1) is 4.90 Å². The van der Waals surface area contributed by atoms with Crippen LogP contribution in [0.2, 0.25) is 0 Å². The van der Waals surface area contributed by atoms with E-state index in [1.807, 2.05) is 47.4 Å². The van der Waals surface area contributed by atoms with Crippen molar-refractivity contribution < 1.29 is 13.2 Å². The molecular weight excluding hydrogens is 396 g/mol. The minimum Gasteiger partial charge on any atom is -0.339 e. The van der Waals surface area contributed by atoms with Gasteiger partial charge in [0, 0.05) is 25.2 Å². The number of amides is 1. The summed E-state index contributed by atoms with van der Waals surface area (Å²) in [6.45, 7) is 1.91. The lowest BCUT2D eigenvalue weighted by molar-refractivity contribution is 0.0687. The Morgan fingerprint density at radius 3 is 2.40 bits per heavy atom. The van der Waals surface area contributed by atoms with E-state index in [-0.39, 0.29) is 5.91 Å². The molecule has 1 fully saturated rings. The largest absolute Gasteiger partial charge is 0.339 e. The van der Waals surface area contributed by atoms with Crippen LogP contribution < -0.4 is 4.72 Å². The van der Waals surface area contributed by atoms with Gasteiger partial charge < -0.3 is 4.90 Å². The van der Waals surface area contributed by atoms with Crippen LogP contribution in [0, 0.1) is 5.92 Å². The summed E-state index contributed by atoms with van der Waals surface area (Å²) in [6.07, 6.45) is 6.98. The molecule has 4 rings (SSSR count). The smallest absolute Gasteiger partial charge is 0.253 e. The third-order valence-electron chi connectivity index (χ3n) is 6.40. The molecule has 1 amide bonds. The van der Waals surface area contributed by atoms with Gasteiger partial charge in [-0.1, -0.05) is 24.3 Å². The minimum atomic E-state index is -3.47. The summed E-state index contributed by atoms with van der Waals surface area (Å²) in [6, 6.07) is 14.9. The monoisotopic (exact) mass is 426 g/mol. The van der Waals surface area contributed by atoms with Crippen LogP contribution in [0.25, 0.3) is 0 Å². The molecule has 6 heteroatoms. The number of carbonyl (C=O) groups excluding carboxylic acids is 1. The number of hydrogen-bond donors (Lipinski definition) is 1. The van der Waals surface area contributed by atoms with Gasteiger partial charge in [-0.2, -0.15) is 0 Å². The second kappa shape index (κ2) is 9.31. The summed E-state index contributed by atoms with van der Waals surface area (Å²) < 4.78 is 28.2. The maximum atomic E-state index is 12.7. The predicted molar refractivity (Wildman–Crippen MR) is 118 cm³/mol. The van der Waals surface area contributed by atoms with Crippen molar-refractivity contribution in [1.29, 1.82) is 0 Å². The molecule has 5 nitrogen and oxygen atoms in total. The Balaban J connectivity index is 1.25. The first kappa shape index (κ1) is 21.1. The molecule has 0 aromatic heterocycles. The number of sulfonamides is 1. The lowest BCUT2D eigenvalue weighted by atomic mass is 9.92. The molecule has 1 aliphatic carbocycles. The molecule has 0 radical (unpaired) electrons. The van der Waals surface area contributed by atoms with E-state index < -0.39 is 10.0 Å². The van der Waals surface area contributed by atoms with Crippen LogP contribution in [0.3, 0.4) is 0 Å². The molecule has 1 N–H and O–H groups in total. The molecule has 2 aliphatic rings. The summed E-state index contributed by atoms with van der Waals surface area (Å²) in [5.74, 6) is 0.526. The third kappa shape index (κ3) is 4.93. The number of aryl methyl sites for hydroxylation is 2. The Labute approximate surface area is 179 Å². The molecule has 2 aromatic rings. The molecule has 0 spiro atoms. The zero-order valence-electron chi connectivity index (χ0n) is 17.3. The summed E-state index contributed by atoms with van der Waals surface area (Å²) in [5, 5.41) is 0. The molecule has 160 valence electrons. The molecule has 0 saturated carbocycles. The maximum Gasteiger partial charge on any atom is 0.253 e. The van der Waals surface area contributed by atoms with E-state index in [1.165, 1.54) is 17.5 Å². The van der Waals surface area contributed by atoms with E-state index in [1.54, 1.807) is 6.07 Å². The van der Waals surface area contributed by atoms with Crippen molar-refractivity contribution in [3.8, 4) is 0 Å². The van der Waals surface area contributed by atoms with Crippen LogP contribution in [-0.2, 0) is 22.9 Å². The van der Waals surface area contributed by atoms with Crippen LogP contribution in [0.1, 0.15) is 53.6 Å². The number of fused-ring (bicyclic) bond motifs is 1. The van der Waals surface area contributed by atoms with Gasteiger partial charge >= 0.3 is 0 Å². The summed E-state index contributed by atoms with van der Waals surface area (Å²) in [4.78, 5) is 14.8. The van der Waals surface area contributed by atoms with E-state index in [9.17, 15) is 13.2 Å². The fraction of sp³-hybridized carbons (Fsp3) is 0.458. The first-order valence-electron chi connectivity index (χ1n) is 11.0. The number of carbonyl (C=O) groups is 1. The van der Waals surface area contributed by atoms with Crippen molar-refractivity contribution in [2.75, 3.05) is 19.6 Å². The van der Waals surface area contributed by atoms with Crippen LogP contribution in [0.5, 0.6) is 0 Å². The van der Waals surface area contributed by atoms with Gasteiger partial charge in [-0.05, 0) is 86.3 Å². The fourth-order valence-corrected chi connectivity index (χ4v) is 5.64. The van der Waals surface area contributed by atoms with Gasteiger partial charge in [0.2, 0.25) is 10.0 Å². The average Bonchev–Trinajstić information content (AvgIpc) is 2.79. The van der Waals surface area contributed by atoms with E-state index >= 15 is 0 Å². The number of benzene rings is 2. The van der Waals surface area contributed by atoms with E-state index in [0.717, 1.165) is 57.2 Å². The van der Waals surface area contributed by atoms with Crippen molar-refractivity contribution in [3.63, 3.8) is 0 Å². The fourth-order valence-electron chi connectivity index (χ4n) is 4.55. The first-order chi connectivity index (χ1) is 14.5. The number of piperidine rings is 1. The van der Waals surface area contributed by atoms with Gasteiger partial charge in [0.1, 0.15) is 0 Å². The van der Waals surface area contributed by atoms with Crippen molar-refractivity contribution in [1.82, 2.24) is 9.62 Å². The SMILES string of the molecule is O=C(c1ccccc1)N1CCC(CCNS(=O)(=O)c2ccc3c(c2)CCCC3)CC1. The van der Waals surface area contributed by atoms with Crippen molar-refractivity contribution >= 4 is 15.9 Å². The summed E-state index contributed by atoms with van der Waals surface area (Å²) in [5.41, 5.74) is 3.20. The van der Waals surface area contributed by atoms with Gasteiger partial charge in [-0.3, -0.25) is 4.79 Å². The van der Waals surface area contributed by atoms with E-state index in [0.29, 0.717) is 17.4 Å². The average molecular weight is 427 g/mol. The Kier molecular flexibility index (Phi) is 6.54. The highest BCUT2D eigenvalue weighted by atomic mass is 32.2. The van der Waals surface area contributed by atoms with Gasteiger partial charge in [0.15, 0.2) is 0 Å². The van der Waals surface area contributed by atoms with Crippen LogP contribution in [0.15, 0.2) is 53.4 Å². The Bertz CT molecular complexity index is 981. The summed E-state index contributed by atoms with van der Waals surface area (Å²) in [7, 11) is -3.47. The van der Waals surface area contributed by atoms with Crippen LogP contribution >= 0.6 is 0 Å². The molecule has 2 aromatic carbocycles. The highest BCUT2D eigenvalue weighted by Crippen LogP contribution is 2.25. The quantitative estimate of drug-likeness (QED) is 0.764. The number of nitrogens with one attached hydrogen (secondary N) is 1. The zero-order chi connectivity index (χ0) is 21.0. The molecule has 0 atom stereocenters. The second-order valence-corrected chi connectivity index (χ2v) is 10.2. The van der Waals surface area contributed by atoms with Crippen LogP contribution in [-0.4, -0.2) is 38.9 Å². The molecule has 0 bridgehead atoms. The van der Waals surface area contributed by atoms with Crippen molar-refractivity contribution in [2.45, 2.75) is 49.8 Å². The molecule has 30 heavy (non-hydrogen) atoms. The highest BCUT2D eigenvalue weighted by Gasteiger charge is 2.24. The second-order valence-electron chi connectivity index (χ2n) is 8.43. The zero-order valence-corrected chi connectivity index (χ0v) is 18.2. The lowest BCUT2D eigenvalue weighted by Crippen LogP contribution is -2.39. The maximum absolute atomic E-state index is 12.7. The molecule has 1 heterocycles. The first-order valence-corrected chi connectivity index (χ1v) is 12.5. The Morgan fingerprint density at radius 2 is 1.67 bits per heavy atom. The number of likely N-dealkylation sites (tertiary alicyclic amines) is 1. The van der Waals surface area contributed by atoms with Gasteiger partial charge in [-0.15, -0.1) is 0 Å². The molecule has 1 saturated heterocycles. The number of rotatable bonds is 6. The standard InChI is InChI=1S/C24H30N2O3S/c27-24(21-7-2-1-3-8-21)26-16-13-19(14-17-26)12-15-25-30(28,29)23-11-10-20-6-4-5-9-22(20)18-23/h1-3,7-8,10-11,18-19,25H,4-6,9,12-17H2. The van der Waals surface area contributed by atoms with Gasteiger partial charge in [0.25, 0.3) is 5.91 Å². The van der Waals surface area contributed by atoms with Crippen molar-refractivity contribution in [2.24, 2.45) is 5.92 Å². The summed E-state index contributed by atoms with van der Waals surface area (Å²) >= 11 is 0. The predicted octanol–water partition coefficient (Wildman–Crippen LogP) is 3.79. The number of hydrogen-bond acceptors (Lipinski definition) is 3. The topological polar surface area (TPSA) is 66.5 Å². The van der Waals surface area contributed by atoms with Crippen molar-refractivity contribution in [3.05, 3.63) is 65.2 Å². The van der Waals surface area contributed by atoms with Gasteiger partial charge in [-0.25, -0.2) is 13.1 Å². The highest BCUT2D eigenvalue weighted by molar-refractivity contribution is 7.89. The van der Waals surface area contributed by atoms with Crippen LogP contribution in [0.4, 0.5) is 0 Å². The third-order valence-corrected chi connectivity index (χ3v) is 7.86.